The van der Waals surface area contributed by atoms with Gasteiger partial charge in [0.05, 0.1) is 35.5 Å². The number of unbranched alkanes of at least 4 members (excludes halogenated alkanes) is 2. The van der Waals surface area contributed by atoms with Crippen LogP contribution >= 0.6 is 0 Å². The Morgan fingerprint density at radius 2 is 0.705 bits per heavy atom. The van der Waals surface area contributed by atoms with Crippen molar-refractivity contribution in [2.24, 2.45) is 0 Å². The Kier molecular flexibility index (Phi) is 27.9. The third-order valence-electron chi connectivity index (χ3n) is 4.43. The van der Waals surface area contributed by atoms with Gasteiger partial charge in [-0.1, -0.05) is 6.07 Å². The maximum Gasteiger partial charge on any atom is 0.335 e. The Morgan fingerprint density at radius 3 is 0.909 bits per heavy atom. The number of carboxylic acid groups (broad SMARTS) is 6. The van der Waals surface area contributed by atoms with Crippen molar-refractivity contribution in [2.45, 2.75) is 38.5 Å². The summed E-state index contributed by atoms with van der Waals surface area (Å²) in [4.78, 5) is 61.2. The van der Waals surface area contributed by atoms with Gasteiger partial charge in [0, 0.05) is 26.1 Å². The SMILES string of the molecule is O=C(O)CCCCC(=O)O.O=C(O)c1ccc(C(=O)O)cc1.O=C(O)c1cccc(C(=O)O)c1.OCCCCO.OCCO. The van der Waals surface area contributed by atoms with Crippen LogP contribution in [0.5, 0.6) is 0 Å². The van der Waals surface area contributed by atoms with Crippen molar-refractivity contribution in [1.82, 2.24) is 0 Å². The van der Waals surface area contributed by atoms with Crippen LogP contribution in [0.4, 0.5) is 0 Å². The molecule has 0 aliphatic heterocycles. The number of hydrogen-bond donors (Lipinski definition) is 10. The van der Waals surface area contributed by atoms with Gasteiger partial charge in [-0.25, -0.2) is 19.2 Å². The summed E-state index contributed by atoms with van der Waals surface area (Å²) in [7, 11) is 0. The average Bonchev–Trinajstić information content (AvgIpc) is 2.99. The number of rotatable bonds is 13. The molecule has 0 unspecified atom stereocenters. The standard InChI is InChI=1S/2C8H6O4.C6H10O4.C4H10O2.C2H6O2/c9-7(10)5-1-2-6(4-3-5)8(11)12;9-7(10)5-2-1-3-6(4-5)8(11)12;7-5(8)3-1-2-4-6(9)10;5-3-1-2-4-6;3-1-2-4/h2*1-4H,(H,9,10)(H,11,12);1-4H2,(H,7,8)(H,9,10);5-6H,1-4H2;3-4H,1-2H2. The predicted molar refractivity (Wildman–Crippen MR) is 152 cm³/mol. The largest absolute Gasteiger partial charge is 0.481 e. The zero-order valence-electron chi connectivity index (χ0n) is 23.6. The van der Waals surface area contributed by atoms with E-state index in [0.717, 1.165) is 18.9 Å². The molecule has 0 amide bonds. The van der Waals surface area contributed by atoms with Gasteiger partial charge >= 0.3 is 35.8 Å². The highest BCUT2D eigenvalue weighted by molar-refractivity contribution is 5.93. The van der Waals surface area contributed by atoms with Gasteiger partial charge < -0.3 is 51.1 Å². The van der Waals surface area contributed by atoms with E-state index in [1.165, 1.54) is 42.5 Å². The molecule has 44 heavy (non-hydrogen) atoms. The van der Waals surface area contributed by atoms with Gasteiger partial charge in [-0.2, -0.15) is 0 Å². The molecule has 16 heteroatoms. The van der Waals surface area contributed by atoms with Crippen molar-refractivity contribution >= 4 is 35.8 Å². The van der Waals surface area contributed by atoms with Crippen LogP contribution in [0.15, 0.2) is 48.5 Å². The number of benzene rings is 2. The molecule has 2 aromatic rings. The smallest absolute Gasteiger partial charge is 0.335 e. The highest BCUT2D eigenvalue weighted by Gasteiger charge is 2.07. The van der Waals surface area contributed by atoms with E-state index in [4.69, 9.17) is 51.1 Å². The monoisotopic (exact) mass is 630 g/mol. The Morgan fingerprint density at radius 1 is 0.409 bits per heavy atom. The van der Waals surface area contributed by atoms with E-state index in [2.05, 4.69) is 0 Å². The molecule has 0 aromatic heterocycles. The second-order valence-corrected chi connectivity index (χ2v) is 7.97. The number of aromatic carboxylic acids is 4. The normalized spacial score (nSPS) is 9.09. The Labute approximate surface area is 251 Å². The van der Waals surface area contributed by atoms with Crippen LogP contribution in [0.3, 0.4) is 0 Å². The molecule has 2 aromatic carbocycles. The third-order valence-corrected chi connectivity index (χ3v) is 4.43. The van der Waals surface area contributed by atoms with E-state index in [1.54, 1.807) is 0 Å². The van der Waals surface area contributed by atoms with Crippen LogP contribution in [0.1, 0.15) is 80.0 Å². The quantitative estimate of drug-likeness (QED) is 0.140. The number of aliphatic hydroxyl groups excluding tert-OH is 4. The second kappa shape index (κ2) is 28.2. The van der Waals surface area contributed by atoms with E-state index in [9.17, 15) is 28.8 Å². The molecule has 2 rings (SSSR count). The van der Waals surface area contributed by atoms with Gasteiger partial charge in [0.25, 0.3) is 0 Å². The number of aliphatic hydroxyl groups is 4. The van der Waals surface area contributed by atoms with E-state index in [0.29, 0.717) is 12.8 Å². The molecular formula is C28H38O16. The van der Waals surface area contributed by atoms with Crippen molar-refractivity contribution in [1.29, 1.82) is 0 Å². The first kappa shape index (κ1) is 43.6. The number of aliphatic carboxylic acids is 2. The zero-order valence-corrected chi connectivity index (χ0v) is 23.6. The second-order valence-electron chi connectivity index (χ2n) is 7.97. The highest BCUT2D eigenvalue weighted by Crippen LogP contribution is 2.05. The van der Waals surface area contributed by atoms with E-state index >= 15 is 0 Å². The van der Waals surface area contributed by atoms with Crippen LogP contribution in [0.2, 0.25) is 0 Å². The summed E-state index contributed by atoms with van der Waals surface area (Å²) in [6, 6.07) is 10.2. The topological polar surface area (TPSA) is 305 Å². The minimum atomic E-state index is -1.13. The van der Waals surface area contributed by atoms with E-state index < -0.39 is 35.8 Å². The van der Waals surface area contributed by atoms with Gasteiger partial charge in [0.1, 0.15) is 0 Å². The Bertz CT molecular complexity index is 1040. The maximum absolute atomic E-state index is 10.4. The van der Waals surface area contributed by atoms with Crippen molar-refractivity contribution < 1.29 is 79.8 Å². The first-order chi connectivity index (χ1) is 20.7. The van der Waals surface area contributed by atoms with Gasteiger partial charge in [-0.15, -0.1) is 0 Å². The molecule has 0 radical (unpaired) electrons. The van der Waals surface area contributed by atoms with Crippen molar-refractivity contribution in [2.75, 3.05) is 26.4 Å². The molecule has 0 fully saturated rings. The fourth-order valence-corrected chi connectivity index (χ4v) is 2.32. The molecule has 0 heterocycles. The minimum absolute atomic E-state index is 0.0186. The molecule has 0 saturated carbocycles. The first-order valence-electron chi connectivity index (χ1n) is 12.7. The van der Waals surface area contributed by atoms with Crippen molar-refractivity contribution in [3.05, 3.63) is 70.8 Å². The number of hydrogen-bond acceptors (Lipinski definition) is 10. The maximum atomic E-state index is 10.4. The highest BCUT2D eigenvalue weighted by atomic mass is 16.4. The lowest BCUT2D eigenvalue weighted by Crippen LogP contribution is -2.01. The number of carbonyl (C=O) groups is 6. The van der Waals surface area contributed by atoms with Gasteiger partial charge in [-0.05, 0) is 68.1 Å². The molecule has 0 saturated heterocycles. The van der Waals surface area contributed by atoms with Crippen LogP contribution < -0.4 is 0 Å². The van der Waals surface area contributed by atoms with Crippen LogP contribution in [-0.2, 0) is 9.59 Å². The average molecular weight is 631 g/mol. The molecule has 0 spiro atoms. The summed E-state index contributed by atoms with van der Waals surface area (Å²) in [5.41, 5.74) is 0.129. The lowest BCUT2D eigenvalue weighted by atomic mass is 10.1. The summed E-state index contributed by atoms with van der Waals surface area (Å²) in [5, 5.41) is 81.6. The van der Waals surface area contributed by atoms with Gasteiger partial charge in [-0.3, -0.25) is 9.59 Å². The molecule has 10 N–H and O–H groups in total. The van der Waals surface area contributed by atoms with Crippen LogP contribution in [0, 0.1) is 0 Å². The molecule has 16 nitrogen and oxygen atoms in total. The molecule has 0 aliphatic carbocycles. The van der Waals surface area contributed by atoms with Crippen molar-refractivity contribution in [3.8, 4) is 0 Å². The fraction of sp³-hybridized carbons (Fsp3) is 0.357. The molecule has 0 atom stereocenters. The Balaban J connectivity index is -0.000000501. The fourth-order valence-electron chi connectivity index (χ4n) is 2.32. The van der Waals surface area contributed by atoms with Crippen LogP contribution in [0.25, 0.3) is 0 Å². The van der Waals surface area contributed by atoms with E-state index in [-0.39, 0.29) is 61.5 Å². The number of carboxylic acids is 6. The third kappa shape index (κ3) is 27.3. The summed E-state index contributed by atoms with van der Waals surface area (Å²) in [5.74, 6) is -6.12. The van der Waals surface area contributed by atoms with Crippen molar-refractivity contribution in [3.63, 3.8) is 0 Å². The predicted octanol–water partition coefficient (Wildman–Crippen LogP) is 1.60. The summed E-state index contributed by atoms with van der Waals surface area (Å²) in [6.07, 6.45) is 2.46. The summed E-state index contributed by atoms with van der Waals surface area (Å²) in [6.45, 7) is 0.140. The summed E-state index contributed by atoms with van der Waals surface area (Å²) < 4.78 is 0. The van der Waals surface area contributed by atoms with Gasteiger partial charge in [0.15, 0.2) is 0 Å². The lowest BCUT2D eigenvalue weighted by Gasteiger charge is -1.95. The summed E-state index contributed by atoms with van der Waals surface area (Å²) >= 11 is 0. The molecule has 246 valence electrons. The minimum Gasteiger partial charge on any atom is -0.481 e. The Hall–Kier alpha value is -4.90. The van der Waals surface area contributed by atoms with E-state index in [1.807, 2.05) is 0 Å². The lowest BCUT2D eigenvalue weighted by molar-refractivity contribution is -0.139. The van der Waals surface area contributed by atoms with Gasteiger partial charge in [0.2, 0.25) is 0 Å². The zero-order chi connectivity index (χ0) is 34.5. The van der Waals surface area contributed by atoms with Crippen LogP contribution in [-0.4, -0.2) is 113 Å². The molecule has 0 bridgehead atoms. The first-order valence-corrected chi connectivity index (χ1v) is 12.7. The molecular weight excluding hydrogens is 592 g/mol. The molecule has 0 aliphatic rings.